The molecule has 0 amide bonds. The second kappa shape index (κ2) is 6.11. The van der Waals surface area contributed by atoms with Crippen molar-refractivity contribution in [2.75, 3.05) is 0 Å². The summed E-state index contributed by atoms with van der Waals surface area (Å²) in [6.45, 7) is 4.15. The third-order valence-electron chi connectivity index (χ3n) is 3.50. The van der Waals surface area contributed by atoms with Crippen molar-refractivity contribution in [2.45, 2.75) is 64.5 Å². The number of carbonyl (C=O) groups is 1. The van der Waals surface area contributed by atoms with Crippen LogP contribution in [0.25, 0.3) is 0 Å². The van der Waals surface area contributed by atoms with E-state index in [1.807, 2.05) is 6.92 Å². The molecule has 0 saturated heterocycles. The van der Waals surface area contributed by atoms with Crippen molar-refractivity contribution < 1.29 is 9.90 Å². The van der Waals surface area contributed by atoms with Gasteiger partial charge in [-0.05, 0) is 25.2 Å². The van der Waals surface area contributed by atoms with E-state index in [1.165, 1.54) is 19.3 Å². The number of rotatable bonds is 5. The normalized spacial score (nSPS) is 28.7. The lowest BCUT2D eigenvalue weighted by atomic mass is 9.84. The van der Waals surface area contributed by atoms with Crippen LogP contribution in [0.2, 0.25) is 0 Å². The molecule has 0 aromatic heterocycles. The topological polar surface area (TPSA) is 49.3 Å². The van der Waals surface area contributed by atoms with Gasteiger partial charge in [-0.3, -0.25) is 4.79 Å². The van der Waals surface area contributed by atoms with Gasteiger partial charge in [-0.1, -0.05) is 33.1 Å². The quantitative estimate of drug-likeness (QED) is 0.737. The number of nitrogens with one attached hydrogen (secondary N) is 1. The summed E-state index contributed by atoms with van der Waals surface area (Å²) in [7, 11) is 0. The van der Waals surface area contributed by atoms with E-state index >= 15 is 0 Å². The van der Waals surface area contributed by atoms with Gasteiger partial charge in [0, 0.05) is 6.04 Å². The van der Waals surface area contributed by atoms with E-state index in [0.29, 0.717) is 12.5 Å². The Bertz CT molecular complexity index is 206. The van der Waals surface area contributed by atoms with E-state index < -0.39 is 5.97 Å². The largest absolute Gasteiger partial charge is 0.480 e. The van der Waals surface area contributed by atoms with Crippen LogP contribution in [-0.2, 0) is 4.79 Å². The van der Waals surface area contributed by atoms with Gasteiger partial charge in [-0.15, -0.1) is 0 Å². The Hall–Kier alpha value is -0.570. The highest BCUT2D eigenvalue weighted by Gasteiger charge is 2.24. The van der Waals surface area contributed by atoms with E-state index in [-0.39, 0.29) is 6.04 Å². The van der Waals surface area contributed by atoms with E-state index in [4.69, 9.17) is 5.11 Å². The summed E-state index contributed by atoms with van der Waals surface area (Å²) in [6, 6.07) is 0.0651. The van der Waals surface area contributed by atoms with Crippen molar-refractivity contribution in [2.24, 2.45) is 5.92 Å². The monoisotopic (exact) mass is 213 g/mol. The maximum Gasteiger partial charge on any atom is 0.320 e. The number of carboxylic acids is 1. The molecule has 1 saturated carbocycles. The number of hydrogen-bond acceptors (Lipinski definition) is 2. The Kier molecular flexibility index (Phi) is 5.09. The van der Waals surface area contributed by atoms with E-state index in [2.05, 4.69) is 12.2 Å². The summed E-state index contributed by atoms with van der Waals surface area (Å²) in [5.74, 6) is 0.0821. The molecule has 0 heterocycles. The molecule has 1 aliphatic carbocycles. The van der Waals surface area contributed by atoms with Crippen molar-refractivity contribution in [3.63, 3.8) is 0 Å². The molecule has 3 unspecified atom stereocenters. The molecule has 1 aliphatic rings. The van der Waals surface area contributed by atoms with Gasteiger partial charge in [0.25, 0.3) is 0 Å². The van der Waals surface area contributed by atoms with Crippen LogP contribution in [0, 0.1) is 5.92 Å². The van der Waals surface area contributed by atoms with Gasteiger partial charge in [0.1, 0.15) is 6.04 Å². The molecule has 3 nitrogen and oxygen atoms in total. The number of aliphatic carboxylic acids is 1. The highest BCUT2D eigenvalue weighted by Crippen LogP contribution is 2.26. The van der Waals surface area contributed by atoms with Crippen LogP contribution in [0.15, 0.2) is 0 Å². The van der Waals surface area contributed by atoms with Gasteiger partial charge in [0.05, 0.1) is 0 Å². The molecule has 3 atom stereocenters. The first-order chi connectivity index (χ1) is 7.17. The van der Waals surface area contributed by atoms with E-state index in [9.17, 15) is 4.79 Å². The highest BCUT2D eigenvalue weighted by atomic mass is 16.4. The molecule has 0 bridgehead atoms. The van der Waals surface area contributed by atoms with Crippen LogP contribution >= 0.6 is 0 Å². The minimum Gasteiger partial charge on any atom is -0.480 e. The zero-order valence-corrected chi connectivity index (χ0v) is 9.83. The molecule has 88 valence electrons. The lowest BCUT2D eigenvalue weighted by molar-refractivity contribution is -0.139. The number of carboxylic acid groups (broad SMARTS) is 1. The average molecular weight is 213 g/mol. The second-order valence-corrected chi connectivity index (χ2v) is 4.60. The predicted molar refractivity (Wildman–Crippen MR) is 60.9 cm³/mol. The fourth-order valence-corrected chi connectivity index (χ4v) is 2.46. The van der Waals surface area contributed by atoms with E-state index in [1.54, 1.807) is 0 Å². The Labute approximate surface area is 92.3 Å². The fourth-order valence-electron chi connectivity index (χ4n) is 2.46. The van der Waals surface area contributed by atoms with Crippen LogP contribution in [-0.4, -0.2) is 23.2 Å². The van der Waals surface area contributed by atoms with Crippen LogP contribution in [0.3, 0.4) is 0 Å². The third-order valence-corrected chi connectivity index (χ3v) is 3.50. The zero-order chi connectivity index (χ0) is 11.3. The molecule has 0 aromatic carbocycles. The SMILES string of the molecule is CCC1CCCC(NC(CC)C(=O)O)C1. The molecular weight excluding hydrogens is 190 g/mol. The minimum atomic E-state index is -0.712. The summed E-state index contributed by atoms with van der Waals surface area (Å²) in [5, 5.41) is 12.2. The molecule has 0 aliphatic heterocycles. The van der Waals surface area contributed by atoms with Gasteiger partial charge < -0.3 is 10.4 Å². The first-order valence-electron chi connectivity index (χ1n) is 6.16. The highest BCUT2D eigenvalue weighted by molar-refractivity contribution is 5.73. The molecule has 3 heteroatoms. The molecule has 2 N–H and O–H groups in total. The van der Waals surface area contributed by atoms with Gasteiger partial charge in [-0.25, -0.2) is 0 Å². The number of hydrogen-bond donors (Lipinski definition) is 2. The maximum atomic E-state index is 10.9. The Morgan fingerprint density at radius 1 is 1.47 bits per heavy atom. The van der Waals surface area contributed by atoms with Gasteiger partial charge in [0.15, 0.2) is 0 Å². The fraction of sp³-hybridized carbons (Fsp3) is 0.917. The predicted octanol–water partition coefficient (Wildman–Crippen LogP) is 2.41. The van der Waals surface area contributed by atoms with Gasteiger partial charge >= 0.3 is 5.97 Å². The summed E-state index contributed by atoms with van der Waals surface area (Å²) in [6.07, 6.45) is 6.75. The van der Waals surface area contributed by atoms with Crippen LogP contribution in [0.4, 0.5) is 0 Å². The molecule has 1 fully saturated rings. The van der Waals surface area contributed by atoms with Crippen LogP contribution in [0.5, 0.6) is 0 Å². The van der Waals surface area contributed by atoms with Crippen molar-refractivity contribution in [1.29, 1.82) is 0 Å². The lowest BCUT2D eigenvalue weighted by Gasteiger charge is -2.31. The first-order valence-corrected chi connectivity index (χ1v) is 6.16. The minimum absolute atomic E-state index is 0.356. The molecule has 1 rings (SSSR count). The van der Waals surface area contributed by atoms with Crippen molar-refractivity contribution in [1.82, 2.24) is 5.32 Å². The molecule has 0 spiro atoms. The standard InChI is InChI=1S/C12H23NO2/c1-3-9-6-5-7-10(8-9)13-11(4-2)12(14)15/h9-11,13H,3-8H2,1-2H3,(H,14,15). The Balaban J connectivity index is 2.39. The smallest absolute Gasteiger partial charge is 0.320 e. The van der Waals surface area contributed by atoms with Crippen molar-refractivity contribution in [3.05, 3.63) is 0 Å². The van der Waals surface area contributed by atoms with Gasteiger partial charge in [0.2, 0.25) is 0 Å². The average Bonchev–Trinajstić information content (AvgIpc) is 2.25. The summed E-state index contributed by atoms with van der Waals surface area (Å²) in [5.41, 5.74) is 0. The zero-order valence-electron chi connectivity index (χ0n) is 9.83. The molecule has 0 aromatic rings. The molecule has 15 heavy (non-hydrogen) atoms. The first kappa shape index (κ1) is 12.5. The van der Waals surface area contributed by atoms with Crippen LogP contribution < -0.4 is 5.32 Å². The third kappa shape index (κ3) is 3.82. The van der Waals surface area contributed by atoms with Crippen molar-refractivity contribution >= 4 is 5.97 Å². The summed E-state index contributed by atoms with van der Waals surface area (Å²) < 4.78 is 0. The van der Waals surface area contributed by atoms with E-state index in [0.717, 1.165) is 18.8 Å². The molecule has 0 radical (unpaired) electrons. The molecular formula is C12H23NO2. The second-order valence-electron chi connectivity index (χ2n) is 4.60. The van der Waals surface area contributed by atoms with Crippen LogP contribution in [0.1, 0.15) is 52.4 Å². The maximum absolute atomic E-state index is 10.9. The Morgan fingerprint density at radius 2 is 2.20 bits per heavy atom. The van der Waals surface area contributed by atoms with Crippen molar-refractivity contribution in [3.8, 4) is 0 Å². The van der Waals surface area contributed by atoms with Gasteiger partial charge in [-0.2, -0.15) is 0 Å². The Morgan fingerprint density at radius 3 is 2.73 bits per heavy atom. The summed E-state index contributed by atoms with van der Waals surface area (Å²) in [4.78, 5) is 10.9. The summed E-state index contributed by atoms with van der Waals surface area (Å²) >= 11 is 0. The lowest BCUT2D eigenvalue weighted by Crippen LogP contribution is -2.44.